The third-order valence-electron chi connectivity index (χ3n) is 2.54. The summed E-state index contributed by atoms with van der Waals surface area (Å²) in [5, 5.41) is 0. The molecule has 0 bridgehead atoms. The Hall–Kier alpha value is -1.47. The molecule has 0 aromatic carbocycles. The molecule has 1 unspecified atom stereocenters. The van der Waals surface area contributed by atoms with E-state index < -0.39 is 0 Å². The van der Waals surface area contributed by atoms with Crippen molar-refractivity contribution < 1.29 is 0 Å². The smallest absolute Gasteiger partial charge is 0.0989 e. The van der Waals surface area contributed by atoms with Crippen molar-refractivity contribution in [1.29, 1.82) is 0 Å². The van der Waals surface area contributed by atoms with Crippen molar-refractivity contribution in [2.24, 2.45) is 0 Å². The van der Waals surface area contributed by atoms with Gasteiger partial charge in [-0.2, -0.15) is 0 Å². The van der Waals surface area contributed by atoms with E-state index in [2.05, 4.69) is 76.5 Å². The zero-order valence-corrected chi connectivity index (χ0v) is 14.0. The first-order chi connectivity index (χ1) is 9.69. The molecular formula is C19H27S+. The molecule has 0 radical (unpaired) electrons. The Balaban J connectivity index is 6.03. The van der Waals surface area contributed by atoms with Crippen LogP contribution in [0.25, 0.3) is 0 Å². The quantitative estimate of drug-likeness (QED) is 0.368. The fourth-order valence-electron chi connectivity index (χ4n) is 1.78. The van der Waals surface area contributed by atoms with E-state index in [0.717, 1.165) is 6.42 Å². The second-order valence-corrected chi connectivity index (χ2v) is 6.05. The van der Waals surface area contributed by atoms with Gasteiger partial charge in [-0.3, -0.25) is 0 Å². The van der Waals surface area contributed by atoms with Crippen LogP contribution < -0.4 is 0 Å². The maximum absolute atomic E-state index is 3.99. The Labute approximate surface area is 128 Å². The third-order valence-corrected chi connectivity index (χ3v) is 4.93. The first-order valence-electron chi connectivity index (χ1n) is 7.01. The zero-order chi connectivity index (χ0) is 15.4. The van der Waals surface area contributed by atoms with Crippen LogP contribution in [0.2, 0.25) is 0 Å². The standard InChI is InChI=1S/C19H27S/c1-7-13-17(11-5)20(18(12-6)14-8-2)19(15-9-3)16-10-4/h8-16H,3,5,7H2,1-2,4,6H3/q+1/b14-8-,16-10-,17-13+,18-12+,19-15+. The molecule has 1 atom stereocenters. The summed E-state index contributed by atoms with van der Waals surface area (Å²) in [5.74, 6) is 0. The van der Waals surface area contributed by atoms with Gasteiger partial charge in [-0.1, -0.05) is 38.3 Å². The lowest BCUT2D eigenvalue weighted by Crippen LogP contribution is -2.08. The van der Waals surface area contributed by atoms with E-state index in [1.165, 1.54) is 14.7 Å². The summed E-state index contributed by atoms with van der Waals surface area (Å²) >= 11 is 0. The fourth-order valence-corrected chi connectivity index (χ4v) is 4.11. The minimum Gasteiger partial charge on any atom is -0.0989 e. The van der Waals surface area contributed by atoms with Gasteiger partial charge in [-0.15, -0.1) is 0 Å². The van der Waals surface area contributed by atoms with E-state index in [-0.39, 0.29) is 10.9 Å². The predicted octanol–water partition coefficient (Wildman–Crippen LogP) is 6.21. The molecule has 0 fully saturated rings. The number of hydrogen-bond donors (Lipinski definition) is 0. The second kappa shape index (κ2) is 11.4. The summed E-state index contributed by atoms with van der Waals surface area (Å²) in [6.07, 6.45) is 19.8. The van der Waals surface area contributed by atoms with Gasteiger partial charge in [0.25, 0.3) is 0 Å². The monoisotopic (exact) mass is 287 g/mol. The molecule has 108 valence electrons. The highest BCUT2D eigenvalue weighted by Gasteiger charge is 2.30. The van der Waals surface area contributed by atoms with Gasteiger partial charge in [0.05, 0.1) is 10.9 Å². The van der Waals surface area contributed by atoms with Gasteiger partial charge in [0.2, 0.25) is 0 Å². The van der Waals surface area contributed by atoms with Crippen LogP contribution in [0, 0.1) is 0 Å². The highest BCUT2D eigenvalue weighted by atomic mass is 32.2. The maximum Gasteiger partial charge on any atom is 0.166 e. The van der Waals surface area contributed by atoms with Crippen LogP contribution in [0.4, 0.5) is 0 Å². The van der Waals surface area contributed by atoms with Gasteiger partial charge < -0.3 is 0 Å². The van der Waals surface area contributed by atoms with Crippen molar-refractivity contribution in [2.75, 3.05) is 0 Å². The normalized spacial score (nSPS) is 15.9. The summed E-state index contributed by atoms with van der Waals surface area (Å²) in [5.41, 5.74) is 0. The Morgan fingerprint density at radius 3 is 1.95 bits per heavy atom. The molecule has 0 spiro atoms. The average Bonchev–Trinajstić information content (AvgIpc) is 2.45. The van der Waals surface area contributed by atoms with Crippen LogP contribution in [0.5, 0.6) is 0 Å². The molecule has 0 saturated carbocycles. The van der Waals surface area contributed by atoms with Gasteiger partial charge in [-0.05, 0) is 63.6 Å². The molecule has 0 aliphatic heterocycles. The highest BCUT2D eigenvalue weighted by molar-refractivity contribution is 8.08. The largest absolute Gasteiger partial charge is 0.166 e. The molecule has 1 heteroatoms. The van der Waals surface area contributed by atoms with Gasteiger partial charge in [-0.25, -0.2) is 0 Å². The van der Waals surface area contributed by atoms with Crippen LogP contribution in [0.15, 0.2) is 82.6 Å². The molecule has 0 aliphatic rings. The van der Waals surface area contributed by atoms with Crippen LogP contribution >= 0.6 is 0 Å². The Morgan fingerprint density at radius 1 is 0.950 bits per heavy atom. The van der Waals surface area contributed by atoms with E-state index in [1.54, 1.807) is 0 Å². The number of hydrogen-bond acceptors (Lipinski definition) is 0. The summed E-state index contributed by atoms with van der Waals surface area (Å²) in [7, 11) is -0.117. The Morgan fingerprint density at radius 2 is 1.55 bits per heavy atom. The molecule has 0 saturated heterocycles. The maximum atomic E-state index is 3.99. The Bertz CT molecular complexity index is 454. The van der Waals surface area contributed by atoms with Gasteiger partial charge in [0.15, 0.2) is 14.7 Å². The minimum absolute atomic E-state index is 0.117. The SMILES string of the molecule is C=C/C=C(\C=C/C)[S+](/C(C=C)=C/CC)C(/C=C\C)=C/C. The highest BCUT2D eigenvalue weighted by Crippen LogP contribution is 2.31. The Kier molecular flexibility index (Phi) is 10.5. The molecule has 20 heavy (non-hydrogen) atoms. The molecule has 0 nitrogen and oxygen atoms in total. The topological polar surface area (TPSA) is 0 Å². The van der Waals surface area contributed by atoms with Crippen LogP contribution in [-0.4, -0.2) is 0 Å². The summed E-state index contributed by atoms with van der Waals surface area (Å²) in [6.45, 7) is 16.2. The zero-order valence-electron chi connectivity index (χ0n) is 13.2. The summed E-state index contributed by atoms with van der Waals surface area (Å²) < 4.78 is 0. The van der Waals surface area contributed by atoms with Gasteiger partial charge >= 0.3 is 0 Å². The molecule has 0 N–H and O–H groups in total. The lowest BCUT2D eigenvalue weighted by Gasteiger charge is -2.09. The van der Waals surface area contributed by atoms with Crippen molar-refractivity contribution in [3.63, 3.8) is 0 Å². The molecule has 0 heterocycles. The van der Waals surface area contributed by atoms with E-state index in [9.17, 15) is 0 Å². The average molecular weight is 287 g/mol. The van der Waals surface area contributed by atoms with Crippen LogP contribution in [-0.2, 0) is 10.9 Å². The van der Waals surface area contributed by atoms with Crippen molar-refractivity contribution in [2.45, 2.75) is 34.1 Å². The van der Waals surface area contributed by atoms with Crippen molar-refractivity contribution in [3.05, 3.63) is 82.6 Å². The second-order valence-electron chi connectivity index (χ2n) is 4.02. The van der Waals surface area contributed by atoms with E-state index in [4.69, 9.17) is 0 Å². The van der Waals surface area contributed by atoms with Crippen molar-refractivity contribution in [3.8, 4) is 0 Å². The molecule has 0 aromatic rings. The molecule has 0 rings (SSSR count). The lowest BCUT2D eigenvalue weighted by atomic mass is 10.4. The summed E-state index contributed by atoms with van der Waals surface area (Å²) in [6, 6.07) is 0. The van der Waals surface area contributed by atoms with Crippen molar-refractivity contribution >= 4 is 10.9 Å². The molecular weight excluding hydrogens is 260 g/mol. The first-order valence-corrected chi connectivity index (χ1v) is 8.23. The lowest BCUT2D eigenvalue weighted by molar-refractivity contribution is 1.22. The molecule has 0 aromatic heterocycles. The first kappa shape index (κ1) is 18.5. The van der Waals surface area contributed by atoms with E-state index in [1.807, 2.05) is 19.1 Å². The van der Waals surface area contributed by atoms with E-state index >= 15 is 0 Å². The van der Waals surface area contributed by atoms with Gasteiger partial charge in [0, 0.05) is 0 Å². The molecule has 0 aliphatic carbocycles. The number of rotatable bonds is 8. The fraction of sp³-hybridized carbons (Fsp3) is 0.263. The minimum atomic E-state index is -0.117. The third kappa shape index (κ3) is 5.66. The predicted molar refractivity (Wildman–Crippen MR) is 97.6 cm³/mol. The number of allylic oxidation sites excluding steroid dienone is 9. The van der Waals surface area contributed by atoms with Crippen molar-refractivity contribution in [1.82, 2.24) is 0 Å². The van der Waals surface area contributed by atoms with Crippen LogP contribution in [0.3, 0.4) is 0 Å². The van der Waals surface area contributed by atoms with Crippen LogP contribution in [0.1, 0.15) is 34.1 Å². The molecule has 0 amide bonds. The van der Waals surface area contributed by atoms with E-state index in [0.29, 0.717) is 0 Å². The summed E-state index contributed by atoms with van der Waals surface area (Å²) in [4.78, 5) is 3.83. The van der Waals surface area contributed by atoms with Gasteiger partial charge in [0.1, 0.15) is 0 Å².